The summed E-state index contributed by atoms with van der Waals surface area (Å²) in [4.78, 5) is 29.2. The van der Waals surface area contributed by atoms with E-state index in [9.17, 15) is 9.59 Å². The summed E-state index contributed by atoms with van der Waals surface area (Å²) in [6.07, 6.45) is 4.42. The number of hydrogen-bond acceptors (Lipinski definition) is 5. The van der Waals surface area contributed by atoms with Crippen molar-refractivity contribution < 1.29 is 14.7 Å². The molecule has 1 aliphatic carbocycles. The van der Waals surface area contributed by atoms with Crippen LogP contribution in [0.15, 0.2) is 5.38 Å². The van der Waals surface area contributed by atoms with Crippen LogP contribution in [0.2, 0.25) is 0 Å². The van der Waals surface area contributed by atoms with Crippen molar-refractivity contribution in [2.45, 2.75) is 44.1 Å². The van der Waals surface area contributed by atoms with E-state index in [4.69, 9.17) is 10.8 Å². The Balaban J connectivity index is 2.23. The molecule has 1 aliphatic rings. The van der Waals surface area contributed by atoms with Crippen molar-refractivity contribution in [1.82, 2.24) is 9.88 Å². The van der Waals surface area contributed by atoms with Crippen LogP contribution in [0.3, 0.4) is 0 Å². The quantitative estimate of drug-likeness (QED) is 0.885. The molecule has 0 saturated heterocycles. The van der Waals surface area contributed by atoms with Gasteiger partial charge in [-0.15, -0.1) is 11.3 Å². The molecule has 0 unspecified atom stereocenters. The molecule has 1 amide bonds. The third kappa shape index (κ3) is 2.92. The number of thiazole rings is 1. The average Bonchev–Trinajstić information content (AvgIpc) is 2.84. The monoisotopic (exact) mass is 297 g/mol. The first kappa shape index (κ1) is 14.8. The Morgan fingerprint density at radius 2 is 2.10 bits per heavy atom. The SMILES string of the molecule is CN(C(=O)c1csc(N)n1)C1(CC(=O)O)CCCCC1. The molecule has 1 heterocycles. The van der Waals surface area contributed by atoms with Crippen LogP contribution in [0.5, 0.6) is 0 Å². The minimum Gasteiger partial charge on any atom is -0.481 e. The van der Waals surface area contributed by atoms with Gasteiger partial charge in [-0.05, 0) is 12.8 Å². The summed E-state index contributed by atoms with van der Waals surface area (Å²) in [5.41, 5.74) is 5.25. The second-order valence-corrected chi connectivity index (χ2v) is 6.18. The number of carboxylic acid groups (broad SMARTS) is 1. The van der Waals surface area contributed by atoms with Crippen molar-refractivity contribution in [2.24, 2.45) is 0 Å². The minimum absolute atomic E-state index is 0.0190. The van der Waals surface area contributed by atoms with Crippen molar-refractivity contribution in [2.75, 3.05) is 12.8 Å². The number of hydrogen-bond donors (Lipinski definition) is 2. The maximum atomic E-state index is 12.5. The zero-order valence-electron chi connectivity index (χ0n) is 11.5. The predicted molar refractivity (Wildman–Crippen MR) is 76.7 cm³/mol. The Hall–Kier alpha value is -1.63. The van der Waals surface area contributed by atoms with Crippen LogP contribution < -0.4 is 5.73 Å². The lowest BCUT2D eigenvalue weighted by atomic mass is 9.78. The van der Waals surface area contributed by atoms with Crippen molar-refractivity contribution in [3.05, 3.63) is 11.1 Å². The van der Waals surface area contributed by atoms with E-state index in [-0.39, 0.29) is 12.3 Å². The number of carbonyl (C=O) groups is 2. The Morgan fingerprint density at radius 1 is 1.45 bits per heavy atom. The third-order valence-corrected chi connectivity index (χ3v) is 4.70. The highest BCUT2D eigenvalue weighted by Gasteiger charge is 2.41. The second-order valence-electron chi connectivity index (χ2n) is 5.29. The molecule has 1 saturated carbocycles. The van der Waals surface area contributed by atoms with Gasteiger partial charge in [0.15, 0.2) is 5.13 Å². The Kier molecular flexibility index (Phi) is 4.27. The van der Waals surface area contributed by atoms with E-state index in [1.165, 1.54) is 11.3 Å². The van der Waals surface area contributed by atoms with Crippen LogP contribution >= 0.6 is 11.3 Å². The molecule has 1 aromatic rings. The fourth-order valence-corrected chi connectivity index (χ4v) is 3.43. The molecule has 0 aromatic carbocycles. The van der Waals surface area contributed by atoms with E-state index in [1.807, 2.05) is 0 Å². The highest BCUT2D eigenvalue weighted by molar-refractivity contribution is 7.13. The number of rotatable bonds is 4. The number of carboxylic acids is 1. The molecule has 1 aromatic heterocycles. The lowest BCUT2D eigenvalue weighted by Gasteiger charge is -2.43. The zero-order chi connectivity index (χ0) is 14.8. The van der Waals surface area contributed by atoms with Gasteiger partial charge >= 0.3 is 5.97 Å². The molecular formula is C13H19N3O3S. The Morgan fingerprint density at radius 3 is 2.60 bits per heavy atom. The standard InChI is InChI=1S/C13H19N3O3S/c1-16(11(19)9-8-20-12(14)15-9)13(7-10(17)18)5-3-2-4-6-13/h8H,2-7H2,1H3,(H2,14,15)(H,17,18). The van der Waals surface area contributed by atoms with E-state index in [0.717, 1.165) is 32.1 Å². The lowest BCUT2D eigenvalue weighted by molar-refractivity contribution is -0.140. The number of aromatic nitrogens is 1. The summed E-state index contributed by atoms with van der Waals surface area (Å²) in [5.74, 6) is -1.12. The first-order valence-electron chi connectivity index (χ1n) is 6.65. The number of nitrogens with zero attached hydrogens (tertiary/aromatic N) is 2. The van der Waals surface area contributed by atoms with Gasteiger partial charge in [-0.3, -0.25) is 9.59 Å². The number of nitrogen functional groups attached to an aromatic ring is 1. The molecule has 20 heavy (non-hydrogen) atoms. The summed E-state index contributed by atoms with van der Waals surface area (Å²) >= 11 is 1.21. The number of anilines is 1. The second kappa shape index (κ2) is 5.78. The van der Waals surface area contributed by atoms with Gasteiger partial charge in [0.05, 0.1) is 12.0 Å². The summed E-state index contributed by atoms with van der Waals surface area (Å²) in [6, 6.07) is 0. The van der Waals surface area contributed by atoms with Gasteiger partial charge < -0.3 is 15.7 Å². The fourth-order valence-electron chi connectivity index (χ4n) is 2.90. The normalized spacial score (nSPS) is 17.6. The zero-order valence-corrected chi connectivity index (χ0v) is 12.3. The van der Waals surface area contributed by atoms with Gasteiger partial charge in [-0.2, -0.15) is 0 Å². The third-order valence-electron chi connectivity index (χ3n) is 4.02. The Bertz CT molecular complexity index is 509. The summed E-state index contributed by atoms with van der Waals surface area (Å²) in [7, 11) is 1.67. The van der Waals surface area contributed by atoms with Crippen LogP contribution in [0.25, 0.3) is 0 Å². The number of aliphatic carboxylic acids is 1. The molecule has 1 fully saturated rings. The van der Waals surface area contributed by atoms with Crippen LogP contribution in [0.1, 0.15) is 49.0 Å². The van der Waals surface area contributed by atoms with E-state index in [1.54, 1.807) is 17.3 Å². The maximum Gasteiger partial charge on any atom is 0.305 e. The smallest absolute Gasteiger partial charge is 0.305 e. The molecule has 0 spiro atoms. The number of carbonyl (C=O) groups excluding carboxylic acids is 1. The van der Waals surface area contributed by atoms with Crippen molar-refractivity contribution >= 4 is 28.3 Å². The van der Waals surface area contributed by atoms with Crippen LogP contribution in [-0.4, -0.2) is 39.5 Å². The summed E-state index contributed by atoms with van der Waals surface area (Å²) in [6.45, 7) is 0. The molecular weight excluding hydrogens is 278 g/mol. The van der Waals surface area contributed by atoms with Crippen molar-refractivity contribution in [3.8, 4) is 0 Å². The first-order valence-corrected chi connectivity index (χ1v) is 7.53. The first-order chi connectivity index (χ1) is 9.44. The molecule has 7 heteroatoms. The van der Waals surface area contributed by atoms with Gasteiger partial charge in [0.1, 0.15) is 5.69 Å². The molecule has 0 atom stereocenters. The van der Waals surface area contributed by atoms with Gasteiger partial charge in [0.2, 0.25) is 0 Å². The van der Waals surface area contributed by atoms with E-state index < -0.39 is 11.5 Å². The predicted octanol–water partition coefficient (Wildman–Crippen LogP) is 1.97. The van der Waals surface area contributed by atoms with E-state index >= 15 is 0 Å². The van der Waals surface area contributed by atoms with E-state index in [2.05, 4.69) is 4.98 Å². The summed E-state index contributed by atoms with van der Waals surface area (Å²) < 4.78 is 0. The average molecular weight is 297 g/mol. The maximum absolute atomic E-state index is 12.5. The van der Waals surface area contributed by atoms with Crippen LogP contribution in [0, 0.1) is 0 Å². The molecule has 3 N–H and O–H groups in total. The lowest BCUT2D eigenvalue weighted by Crippen LogP contribution is -2.52. The van der Waals surface area contributed by atoms with Crippen LogP contribution in [-0.2, 0) is 4.79 Å². The molecule has 0 aliphatic heterocycles. The minimum atomic E-state index is -0.871. The summed E-state index contributed by atoms with van der Waals surface area (Å²) in [5, 5.41) is 11.1. The van der Waals surface area contributed by atoms with Gasteiger partial charge in [-0.25, -0.2) is 4.98 Å². The molecule has 2 rings (SSSR count). The highest BCUT2D eigenvalue weighted by atomic mass is 32.1. The molecule has 110 valence electrons. The largest absolute Gasteiger partial charge is 0.481 e. The molecule has 6 nitrogen and oxygen atoms in total. The van der Waals surface area contributed by atoms with Gasteiger partial charge in [0.25, 0.3) is 5.91 Å². The highest BCUT2D eigenvalue weighted by Crippen LogP contribution is 2.36. The molecule has 0 bridgehead atoms. The number of amides is 1. The van der Waals surface area contributed by atoms with Gasteiger partial charge in [0, 0.05) is 12.4 Å². The van der Waals surface area contributed by atoms with E-state index in [0.29, 0.717) is 10.8 Å². The topological polar surface area (TPSA) is 96.5 Å². The van der Waals surface area contributed by atoms with Gasteiger partial charge in [-0.1, -0.05) is 19.3 Å². The van der Waals surface area contributed by atoms with Crippen LogP contribution in [0.4, 0.5) is 5.13 Å². The number of nitrogens with two attached hydrogens (primary N) is 1. The molecule has 0 radical (unpaired) electrons. The fraction of sp³-hybridized carbons (Fsp3) is 0.615. The van der Waals surface area contributed by atoms with Crippen molar-refractivity contribution in [1.29, 1.82) is 0 Å². The van der Waals surface area contributed by atoms with Crippen molar-refractivity contribution in [3.63, 3.8) is 0 Å². The Labute approximate surface area is 121 Å².